The minimum atomic E-state index is -4.83. The van der Waals surface area contributed by atoms with Gasteiger partial charge in [0.2, 0.25) is 5.91 Å². The average molecular weight is 599 g/mol. The zero-order chi connectivity index (χ0) is 30.8. The molecule has 0 aliphatic heterocycles. The van der Waals surface area contributed by atoms with E-state index in [9.17, 15) is 27.6 Å². The van der Waals surface area contributed by atoms with E-state index in [0.717, 1.165) is 23.4 Å². The lowest BCUT2D eigenvalue weighted by Gasteiger charge is -2.11. The number of amides is 2. The Morgan fingerprint density at radius 3 is 2.44 bits per heavy atom. The standard InChI is InChI=1S/C29H29F3N6O5/c1-42-23-9-7-20(8-10-23)18-33-28(41)25-19-38(36-35-25)13-3-2-12-37-14-11-22(17-27(37)40)34-26(39)16-21-5-4-6-24(15-21)43-29(30,31)32/h4-11,14-15,17,19H,2-3,12-13,16,18H2,1H3,(H,33,41)(H,34,39). The van der Waals surface area contributed by atoms with Crippen LogP contribution in [0.5, 0.6) is 11.5 Å². The van der Waals surface area contributed by atoms with Gasteiger partial charge in [0.1, 0.15) is 11.5 Å². The van der Waals surface area contributed by atoms with E-state index < -0.39 is 18.0 Å². The van der Waals surface area contributed by atoms with Crippen LogP contribution in [0.4, 0.5) is 18.9 Å². The molecule has 11 nitrogen and oxygen atoms in total. The van der Waals surface area contributed by atoms with Crippen molar-refractivity contribution in [2.75, 3.05) is 12.4 Å². The third-order valence-corrected chi connectivity index (χ3v) is 6.20. The quantitative estimate of drug-likeness (QED) is 0.223. The number of nitrogens with one attached hydrogen (secondary N) is 2. The van der Waals surface area contributed by atoms with E-state index in [4.69, 9.17) is 4.74 Å². The molecule has 43 heavy (non-hydrogen) atoms. The number of pyridine rings is 1. The Morgan fingerprint density at radius 2 is 1.72 bits per heavy atom. The molecule has 0 aliphatic carbocycles. The van der Waals surface area contributed by atoms with Gasteiger partial charge in [0, 0.05) is 37.6 Å². The largest absolute Gasteiger partial charge is 0.573 e. The second-order valence-electron chi connectivity index (χ2n) is 9.47. The van der Waals surface area contributed by atoms with Crippen LogP contribution in [-0.4, -0.2) is 44.8 Å². The maximum atomic E-state index is 12.5. The summed E-state index contributed by atoms with van der Waals surface area (Å²) in [6.07, 6.45) is -0.614. The zero-order valence-electron chi connectivity index (χ0n) is 23.1. The summed E-state index contributed by atoms with van der Waals surface area (Å²) in [7, 11) is 1.58. The lowest BCUT2D eigenvalue weighted by atomic mass is 10.1. The molecule has 0 fully saturated rings. The number of benzene rings is 2. The number of anilines is 1. The molecule has 2 heterocycles. The molecule has 0 aliphatic rings. The molecule has 0 unspecified atom stereocenters. The third-order valence-electron chi connectivity index (χ3n) is 6.20. The number of aromatic nitrogens is 4. The van der Waals surface area contributed by atoms with Crippen LogP contribution in [0, 0.1) is 0 Å². The third kappa shape index (κ3) is 9.73. The first kappa shape index (κ1) is 30.8. The fraction of sp³-hybridized carbons (Fsp3) is 0.276. The van der Waals surface area contributed by atoms with Crippen molar-refractivity contribution >= 4 is 17.5 Å². The van der Waals surface area contributed by atoms with E-state index in [1.807, 2.05) is 24.3 Å². The van der Waals surface area contributed by atoms with Gasteiger partial charge in [-0.1, -0.05) is 29.5 Å². The molecular formula is C29H29F3N6O5. The Bertz CT molecular complexity index is 1600. The monoisotopic (exact) mass is 598 g/mol. The van der Waals surface area contributed by atoms with E-state index >= 15 is 0 Å². The number of aryl methyl sites for hydroxylation is 2. The number of hydrogen-bond acceptors (Lipinski definition) is 7. The first-order chi connectivity index (χ1) is 20.6. The number of alkyl halides is 3. The van der Waals surface area contributed by atoms with Gasteiger partial charge in [-0.15, -0.1) is 18.3 Å². The lowest BCUT2D eigenvalue weighted by molar-refractivity contribution is -0.274. The van der Waals surface area contributed by atoms with Crippen LogP contribution in [0.3, 0.4) is 0 Å². The summed E-state index contributed by atoms with van der Waals surface area (Å²) in [5.41, 5.74) is 1.38. The predicted octanol–water partition coefficient (Wildman–Crippen LogP) is 3.94. The van der Waals surface area contributed by atoms with Crippen LogP contribution in [0.2, 0.25) is 0 Å². The molecule has 2 amide bonds. The summed E-state index contributed by atoms with van der Waals surface area (Å²) in [5, 5.41) is 13.3. The number of unbranched alkanes of at least 4 members (excludes halogenated alkanes) is 1. The summed E-state index contributed by atoms with van der Waals surface area (Å²) >= 11 is 0. The Morgan fingerprint density at radius 1 is 0.953 bits per heavy atom. The Balaban J connectivity index is 1.19. The lowest BCUT2D eigenvalue weighted by Crippen LogP contribution is -2.23. The molecule has 0 atom stereocenters. The smallest absolute Gasteiger partial charge is 0.497 e. The molecule has 14 heteroatoms. The minimum Gasteiger partial charge on any atom is -0.497 e. The van der Waals surface area contributed by atoms with Gasteiger partial charge in [0.15, 0.2) is 5.69 Å². The average Bonchev–Trinajstić information content (AvgIpc) is 3.43. The Labute approximate surface area is 244 Å². The Hall–Kier alpha value is -5.14. The highest BCUT2D eigenvalue weighted by atomic mass is 19.4. The number of carbonyl (C=O) groups is 2. The summed E-state index contributed by atoms with van der Waals surface area (Å²) < 4.78 is 49.3. The van der Waals surface area contributed by atoms with Gasteiger partial charge in [-0.25, -0.2) is 0 Å². The van der Waals surface area contributed by atoms with Crippen molar-refractivity contribution in [3.8, 4) is 11.5 Å². The van der Waals surface area contributed by atoms with Gasteiger partial charge in [-0.3, -0.25) is 19.1 Å². The minimum absolute atomic E-state index is 0.199. The number of methoxy groups -OCH3 is 1. The molecule has 4 rings (SSSR count). The van der Waals surface area contributed by atoms with Crippen LogP contribution >= 0.6 is 0 Å². The summed E-state index contributed by atoms with van der Waals surface area (Å²) in [6.45, 7) is 1.25. The first-order valence-electron chi connectivity index (χ1n) is 13.2. The molecular weight excluding hydrogens is 569 g/mol. The molecule has 0 spiro atoms. The number of hydrogen-bond donors (Lipinski definition) is 2. The van der Waals surface area contributed by atoms with Crippen molar-refractivity contribution in [2.45, 2.75) is 45.3 Å². The highest BCUT2D eigenvalue weighted by Gasteiger charge is 2.31. The number of halogens is 3. The van der Waals surface area contributed by atoms with E-state index in [2.05, 4.69) is 25.7 Å². The fourth-order valence-electron chi connectivity index (χ4n) is 4.10. The molecule has 0 saturated carbocycles. The topological polar surface area (TPSA) is 129 Å². The molecule has 2 aromatic heterocycles. The SMILES string of the molecule is COc1ccc(CNC(=O)c2cn(CCCCn3ccc(NC(=O)Cc4cccc(OC(F)(F)F)c4)cc3=O)nn2)cc1. The van der Waals surface area contributed by atoms with Crippen LogP contribution in [0.25, 0.3) is 0 Å². The van der Waals surface area contributed by atoms with Crippen LogP contribution in [0.1, 0.15) is 34.5 Å². The van der Waals surface area contributed by atoms with Gasteiger partial charge in [0.05, 0.1) is 19.7 Å². The van der Waals surface area contributed by atoms with Gasteiger partial charge >= 0.3 is 6.36 Å². The Kier molecular flexibility index (Phi) is 10.1. The van der Waals surface area contributed by atoms with Crippen molar-refractivity contribution in [3.05, 3.63) is 100 Å². The van der Waals surface area contributed by atoms with E-state index in [1.54, 1.807) is 30.3 Å². The second-order valence-corrected chi connectivity index (χ2v) is 9.47. The number of ether oxygens (including phenoxy) is 2. The van der Waals surface area contributed by atoms with Gasteiger partial charge in [-0.05, 0) is 54.3 Å². The van der Waals surface area contributed by atoms with Crippen molar-refractivity contribution in [3.63, 3.8) is 0 Å². The van der Waals surface area contributed by atoms with Crippen molar-refractivity contribution in [2.24, 2.45) is 0 Å². The zero-order valence-corrected chi connectivity index (χ0v) is 23.1. The summed E-state index contributed by atoms with van der Waals surface area (Å²) in [5.74, 6) is -0.531. The first-order valence-corrected chi connectivity index (χ1v) is 13.2. The van der Waals surface area contributed by atoms with E-state index in [-0.39, 0.29) is 29.3 Å². The van der Waals surface area contributed by atoms with Gasteiger partial charge in [-0.2, -0.15) is 0 Å². The highest BCUT2D eigenvalue weighted by molar-refractivity contribution is 5.92. The molecule has 226 valence electrons. The maximum Gasteiger partial charge on any atom is 0.573 e. The van der Waals surface area contributed by atoms with Crippen LogP contribution in [0.15, 0.2) is 77.9 Å². The number of rotatable bonds is 13. The predicted molar refractivity (Wildman–Crippen MR) is 150 cm³/mol. The second kappa shape index (κ2) is 14.2. The highest BCUT2D eigenvalue weighted by Crippen LogP contribution is 2.23. The van der Waals surface area contributed by atoms with Crippen molar-refractivity contribution in [1.82, 2.24) is 24.9 Å². The molecule has 0 radical (unpaired) electrons. The molecule has 0 saturated heterocycles. The molecule has 0 bridgehead atoms. The van der Waals surface area contributed by atoms with Crippen molar-refractivity contribution in [1.29, 1.82) is 0 Å². The normalized spacial score (nSPS) is 11.2. The molecule has 2 N–H and O–H groups in total. The van der Waals surface area contributed by atoms with Crippen LogP contribution < -0.4 is 25.7 Å². The summed E-state index contributed by atoms with van der Waals surface area (Å²) in [4.78, 5) is 37.3. The van der Waals surface area contributed by atoms with Gasteiger partial charge in [0.25, 0.3) is 11.5 Å². The summed E-state index contributed by atoms with van der Waals surface area (Å²) in [6, 6.07) is 15.3. The number of carbonyl (C=O) groups excluding carboxylic acids is 2. The van der Waals surface area contributed by atoms with Crippen molar-refractivity contribution < 1.29 is 32.2 Å². The number of nitrogens with zero attached hydrogens (tertiary/aromatic N) is 4. The molecule has 4 aromatic rings. The van der Waals surface area contributed by atoms with E-state index in [1.165, 1.54) is 22.8 Å². The van der Waals surface area contributed by atoms with Gasteiger partial charge < -0.3 is 24.7 Å². The van der Waals surface area contributed by atoms with Crippen LogP contribution in [-0.2, 0) is 30.8 Å². The molecule has 2 aromatic carbocycles. The van der Waals surface area contributed by atoms with E-state index in [0.29, 0.717) is 38.0 Å². The fourth-order valence-corrected chi connectivity index (χ4v) is 4.10. The maximum absolute atomic E-state index is 12.5.